The standard InChI is InChI=1S/C20H24N2O6S/c1-3-26-19(23)10-14-12-25-9-8-22(14)20(24)16-11-15(28-21-16)13-27-17-6-4-5-7-18(17)29-2/h4-7,11,14H,3,8-10,12-13H2,1-2H3/t14-/m0/s1. The molecule has 0 radical (unpaired) electrons. The molecule has 1 saturated heterocycles. The van der Waals surface area contributed by atoms with Crippen LogP contribution in [0.5, 0.6) is 5.75 Å². The van der Waals surface area contributed by atoms with E-state index in [1.165, 1.54) is 0 Å². The number of thioether (sulfide) groups is 1. The van der Waals surface area contributed by atoms with Crippen molar-refractivity contribution in [1.82, 2.24) is 10.1 Å². The summed E-state index contributed by atoms with van der Waals surface area (Å²) in [7, 11) is 0. The van der Waals surface area contributed by atoms with Crippen LogP contribution in [0.25, 0.3) is 0 Å². The number of morpholine rings is 1. The molecule has 1 amide bonds. The molecule has 0 bridgehead atoms. The third-order valence-electron chi connectivity index (χ3n) is 4.41. The summed E-state index contributed by atoms with van der Waals surface area (Å²) in [6.45, 7) is 3.27. The van der Waals surface area contributed by atoms with Gasteiger partial charge < -0.3 is 23.6 Å². The maximum absolute atomic E-state index is 12.9. The van der Waals surface area contributed by atoms with E-state index in [4.69, 9.17) is 18.7 Å². The van der Waals surface area contributed by atoms with E-state index in [-0.39, 0.29) is 43.2 Å². The first kappa shape index (κ1) is 21.2. The molecule has 29 heavy (non-hydrogen) atoms. The van der Waals surface area contributed by atoms with E-state index in [0.29, 0.717) is 25.5 Å². The average molecular weight is 420 g/mol. The number of esters is 1. The van der Waals surface area contributed by atoms with Crippen LogP contribution in [0.2, 0.25) is 0 Å². The summed E-state index contributed by atoms with van der Waals surface area (Å²) in [6.07, 6.45) is 2.06. The van der Waals surface area contributed by atoms with Crippen molar-refractivity contribution in [2.75, 3.05) is 32.6 Å². The maximum atomic E-state index is 12.9. The van der Waals surface area contributed by atoms with Crippen molar-refractivity contribution >= 4 is 23.6 Å². The van der Waals surface area contributed by atoms with Gasteiger partial charge in [-0.3, -0.25) is 9.59 Å². The number of aromatic nitrogens is 1. The predicted molar refractivity (Wildman–Crippen MR) is 106 cm³/mol. The molecule has 2 aromatic rings. The van der Waals surface area contributed by atoms with Crippen LogP contribution in [0, 0.1) is 0 Å². The molecular weight excluding hydrogens is 396 g/mol. The number of carbonyl (C=O) groups excluding carboxylic acids is 2. The van der Waals surface area contributed by atoms with Gasteiger partial charge in [0.25, 0.3) is 5.91 Å². The molecule has 0 aliphatic carbocycles. The van der Waals surface area contributed by atoms with Crippen molar-refractivity contribution in [2.45, 2.75) is 30.9 Å². The minimum atomic E-state index is -0.389. The van der Waals surface area contributed by atoms with Gasteiger partial charge in [0.15, 0.2) is 11.5 Å². The van der Waals surface area contributed by atoms with Crippen molar-refractivity contribution < 1.29 is 28.3 Å². The van der Waals surface area contributed by atoms with Gasteiger partial charge in [-0.15, -0.1) is 11.8 Å². The van der Waals surface area contributed by atoms with Gasteiger partial charge in [-0.05, 0) is 25.3 Å². The van der Waals surface area contributed by atoms with Crippen LogP contribution in [-0.4, -0.2) is 60.6 Å². The van der Waals surface area contributed by atoms with E-state index in [1.54, 1.807) is 29.7 Å². The third kappa shape index (κ3) is 5.51. The number of benzene rings is 1. The molecule has 1 atom stereocenters. The smallest absolute Gasteiger partial charge is 0.307 e. The zero-order valence-electron chi connectivity index (χ0n) is 16.5. The first-order chi connectivity index (χ1) is 14.1. The minimum Gasteiger partial charge on any atom is -0.484 e. The summed E-state index contributed by atoms with van der Waals surface area (Å²) in [5, 5.41) is 3.89. The Morgan fingerprint density at radius 1 is 1.34 bits per heavy atom. The van der Waals surface area contributed by atoms with Crippen molar-refractivity contribution in [3.05, 3.63) is 41.8 Å². The third-order valence-corrected chi connectivity index (χ3v) is 5.19. The highest BCUT2D eigenvalue weighted by Crippen LogP contribution is 2.27. The molecule has 1 aliphatic heterocycles. The Hall–Kier alpha value is -2.52. The fourth-order valence-electron chi connectivity index (χ4n) is 3.02. The number of amides is 1. The summed E-state index contributed by atoms with van der Waals surface area (Å²) < 4.78 is 21.5. The molecule has 0 unspecified atom stereocenters. The summed E-state index contributed by atoms with van der Waals surface area (Å²) in [4.78, 5) is 27.3. The second-order valence-electron chi connectivity index (χ2n) is 6.35. The Kier molecular flexibility index (Phi) is 7.54. The lowest BCUT2D eigenvalue weighted by Crippen LogP contribution is -2.49. The van der Waals surface area contributed by atoms with Crippen molar-refractivity contribution in [1.29, 1.82) is 0 Å². The number of ether oxygens (including phenoxy) is 3. The number of nitrogens with zero attached hydrogens (tertiary/aromatic N) is 2. The lowest BCUT2D eigenvalue weighted by atomic mass is 10.1. The van der Waals surface area contributed by atoms with E-state index in [0.717, 1.165) is 10.6 Å². The van der Waals surface area contributed by atoms with Gasteiger partial charge in [-0.1, -0.05) is 17.3 Å². The van der Waals surface area contributed by atoms with Gasteiger partial charge in [0.1, 0.15) is 12.4 Å². The normalized spacial score (nSPS) is 16.5. The highest BCUT2D eigenvalue weighted by Gasteiger charge is 2.31. The molecule has 156 valence electrons. The SMILES string of the molecule is CCOC(=O)C[C@H]1COCCN1C(=O)c1cc(COc2ccccc2SC)on1. The molecule has 1 aliphatic rings. The molecule has 3 rings (SSSR count). The highest BCUT2D eigenvalue weighted by atomic mass is 32.2. The Balaban J connectivity index is 1.63. The first-order valence-corrected chi connectivity index (χ1v) is 10.6. The lowest BCUT2D eigenvalue weighted by molar-refractivity contribution is -0.145. The molecular formula is C20H24N2O6S. The fraction of sp³-hybridized carbons (Fsp3) is 0.450. The second-order valence-corrected chi connectivity index (χ2v) is 7.20. The summed E-state index contributed by atoms with van der Waals surface area (Å²) in [6, 6.07) is 8.87. The Bertz CT molecular complexity index is 840. The van der Waals surface area contributed by atoms with E-state index < -0.39 is 0 Å². The quantitative estimate of drug-likeness (QED) is 0.476. The zero-order chi connectivity index (χ0) is 20.6. The molecule has 9 heteroatoms. The monoisotopic (exact) mass is 420 g/mol. The van der Waals surface area contributed by atoms with Crippen LogP contribution >= 0.6 is 11.8 Å². The minimum absolute atomic E-state index is 0.0822. The molecule has 0 N–H and O–H groups in total. The molecule has 8 nitrogen and oxygen atoms in total. The number of rotatable bonds is 8. The molecule has 1 aromatic heterocycles. The molecule has 0 saturated carbocycles. The van der Waals surface area contributed by atoms with Gasteiger partial charge in [0, 0.05) is 17.5 Å². The number of carbonyl (C=O) groups is 2. The topological polar surface area (TPSA) is 91.1 Å². The molecule has 0 spiro atoms. The average Bonchev–Trinajstić information content (AvgIpc) is 3.21. The molecule has 1 aromatic carbocycles. The Morgan fingerprint density at radius 2 is 2.17 bits per heavy atom. The van der Waals surface area contributed by atoms with E-state index in [9.17, 15) is 9.59 Å². The van der Waals surface area contributed by atoms with Gasteiger partial charge in [0.05, 0.1) is 32.3 Å². The van der Waals surface area contributed by atoms with Crippen LogP contribution in [0.4, 0.5) is 0 Å². The van der Waals surface area contributed by atoms with Crippen molar-refractivity contribution in [3.63, 3.8) is 0 Å². The summed E-state index contributed by atoms with van der Waals surface area (Å²) >= 11 is 1.59. The lowest BCUT2D eigenvalue weighted by Gasteiger charge is -2.34. The largest absolute Gasteiger partial charge is 0.484 e. The van der Waals surface area contributed by atoms with Crippen LogP contribution in [-0.2, 0) is 20.9 Å². The zero-order valence-corrected chi connectivity index (χ0v) is 17.3. The predicted octanol–water partition coefficient (Wildman–Crippen LogP) is 2.77. The van der Waals surface area contributed by atoms with Gasteiger partial charge >= 0.3 is 5.97 Å². The van der Waals surface area contributed by atoms with Crippen LogP contribution in [0.3, 0.4) is 0 Å². The number of hydrogen-bond acceptors (Lipinski definition) is 8. The van der Waals surface area contributed by atoms with Crippen molar-refractivity contribution in [2.24, 2.45) is 0 Å². The number of para-hydroxylation sites is 1. The summed E-state index contributed by atoms with van der Waals surface area (Å²) in [5.74, 6) is 0.524. The van der Waals surface area contributed by atoms with E-state index >= 15 is 0 Å². The summed E-state index contributed by atoms with van der Waals surface area (Å²) in [5.41, 5.74) is 0.178. The first-order valence-electron chi connectivity index (χ1n) is 9.38. The van der Waals surface area contributed by atoms with E-state index in [2.05, 4.69) is 5.16 Å². The number of hydrogen-bond donors (Lipinski definition) is 0. The van der Waals surface area contributed by atoms with Crippen molar-refractivity contribution in [3.8, 4) is 5.75 Å². The molecule has 1 fully saturated rings. The van der Waals surface area contributed by atoms with Crippen LogP contribution in [0.1, 0.15) is 29.6 Å². The van der Waals surface area contributed by atoms with Gasteiger partial charge in [0.2, 0.25) is 0 Å². The maximum Gasteiger partial charge on any atom is 0.307 e. The highest BCUT2D eigenvalue weighted by molar-refractivity contribution is 7.98. The van der Waals surface area contributed by atoms with Crippen LogP contribution in [0.15, 0.2) is 39.8 Å². The second kappa shape index (κ2) is 10.3. The Morgan fingerprint density at radius 3 is 2.97 bits per heavy atom. The van der Waals surface area contributed by atoms with Crippen LogP contribution < -0.4 is 4.74 Å². The fourth-order valence-corrected chi connectivity index (χ4v) is 3.56. The molecule has 2 heterocycles. The Labute approximate surface area is 173 Å². The van der Waals surface area contributed by atoms with E-state index in [1.807, 2.05) is 30.5 Å². The van der Waals surface area contributed by atoms with Gasteiger partial charge in [-0.25, -0.2) is 0 Å². The van der Waals surface area contributed by atoms with Gasteiger partial charge in [-0.2, -0.15) is 0 Å².